The van der Waals surface area contributed by atoms with Crippen LogP contribution in [0, 0.1) is 13.8 Å². The van der Waals surface area contributed by atoms with E-state index in [1.165, 1.54) is 4.70 Å². The maximum Gasteiger partial charge on any atom is 0.238 e. The van der Waals surface area contributed by atoms with Crippen molar-refractivity contribution in [2.75, 3.05) is 18.9 Å². The molecule has 0 aliphatic rings. The summed E-state index contributed by atoms with van der Waals surface area (Å²) in [4.78, 5) is 19.1. The highest BCUT2D eigenvalue weighted by Gasteiger charge is 2.18. The molecule has 0 aliphatic carbocycles. The molecule has 0 fully saturated rings. The zero-order valence-corrected chi connectivity index (χ0v) is 15.9. The van der Waals surface area contributed by atoms with E-state index in [-0.39, 0.29) is 11.9 Å². The van der Waals surface area contributed by atoms with Crippen molar-refractivity contribution in [3.8, 4) is 0 Å². The molecule has 1 heterocycles. The molecule has 4 nitrogen and oxygen atoms in total. The summed E-state index contributed by atoms with van der Waals surface area (Å²) in [5.74, 6) is -0.0135. The summed E-state index contributed by atoms with van der Waals surface area (Å²) in [5, 5.41) is 4.02. The Morgan fingerprint density at radius 1 is 1.20 bits per heavy atom. The second kappa shape index (κ2) is 7.33. The van der Waals surface area contributed by atoms with Crippen LogP contribution in [0.5, 0.6) is 0 Å². The van der Waals surface area contributed by atoms with Gasteiger partial charge in [-0.05, 0) is 63.2 Å². The molecular weight excluding hydrogens is 330 g/mol. The molecule has 0 saturated carbocycles. The molecule has 0 spiro atoms. The van der Waals surface area contributed by atoms with Crippen LogP contribution in [0.4, 0.5) is 5.69 Å². The number of hydrogen-bond donors (Lipinski definition) is 1. The second-order valence-corrected chi connectivity index (χ2v) is 7.60. The van der Waals surface area contributed by atoms with Gasteiger partial charge in [0, 0.05) is 5.69 Å². The zero-order chi connectivity index (χ0) is 18.0. The number of thiazole rings is 1. The minimum atomic E-state index is -0.0135. The summed E-state index contributed by atoms with van der Waals surface area (Å²) < 4.78 is 1.18. The van der Waals surface area contributed by atoms with Crippen LogP contribution in [-0.2, 0) is 4.79 Å². The van der Waals surface area contributed by atoms with Crippen molar-refractivity contribution in [1.29, 1.82) is 0 Å². The fourth-order valence-electron chi connectivity index (χ4n) is 2.87. The number of aryl methyl sites for hydroxylation is 2. The molecule has 2 aromatic carbocycles. The summed E-state index contributed by atoms with van der Waals surface area (Å²) in [6, 6.07) is 14.3. The van der Waals surface area contributed by atoms with E-state index in [0.29, 0.717) is 6.54 Å². The van der Waals surface area contributed by atoms with Gasteiger partial charge in [0.25, 0.3) is 0 Å². The first-order valence-electron chi connectivity index (χ1n) is 8.36. The molecule has 3 aromatic rings. The highest BCUT2D eigenvalue weighted by Crippen LogP contribution is 2.28. The van der Waals surface area contributed by atoms with E-state index in [0.717, 1.165) is 27.3 Å². The average Bonchev–Trinajstić information content (AvgIpc) is 2.96. The molecule has 0 aliphatic heterocycles. The van der Waals surface area contributed by atoms with E-state index in [2.05, 4.69) is 24.4 Å². The van der Waals surface area contributed by atoms with Crippen molar-refractivity contribution in [1.82, 2.24) is 9.88 Å². The van der Waals surface area contributed by atoms with Gasteiger partial charge in [0.05, 0.1) is 22.8 Å². The fourth-order valence-corrected chi connectivity index (χ4v) is 3.95. The molecule has 25 heavy (non-hydrogen) atoms. The number of nitrogens with zero attached hydrogens (tertiary/aromatic N) is 2. The van der Waals surface area contributed by atoms with Crippen LogP contribution in [0.2, 0.25) is 0 Å². The lowest BCUT2D eigenvalue weighted by atomic mass is 10.1. The van der Waals surface area contributed by atoms with Gasteiger partial charge < -0.3 is 5.32 Å². The molecule has 1 amide bonds. The normalized spacial score (nSPS) is 12.5. The SMILES string of the molecule is Cc1cc(C)cc(NC(=O)CN(C)C(C)c2nc3ccccc3s2)c1. The monoisotopic (exact) mass is 353 g/mol. The Labute approximate surface area is 152 Å². The predicted molar refractivity (Wildman–Crippen MR) is 105 cm³/mol. The molecule has 130 valence electrons. The lowest BCUT2D eigenvalue weighted by Crippen LogP contribution is -2.32. The third-order valence-electron chi connectivity index (χ3n) is 4.23. The third kappa shape index (κ3) is 4.24. The van der Waals surface area contributed by atoms with E-state index < -0.39 is 0 Å². The van der Waals surface area contributed by atoms with E-state index in [4.69, 9.17) is 4.98 Å². The average molecular weight is 353 g/mol. The Hall–Kier alpha value is -2.24. The second-order valence-electron chi connectivity index (χ2n) is 6.54. The molecule has 3 rings (SSSR count). The number of amides is 1. The number of nitrogens with one attached hydrogen (secondary N) is 1. The summed E-state index contributed by atoms with van der Waals surface area (Å²) in [6.45, 7) is 6.47. The number of carbonyl (C=O) groups is 1. The highest BCUT2D eigenvalue weighted by molar-refractivity contribution is 7.18. The van der Waals surface area contributed by atoms with Gasteiger partial charge in [-0.15, -0.1) is 11.3 Å². The van der Waals surface area contributed by atoms with Crippen LogP contribution in [-0.4, -0.2) is 29.4 Å². The molecule has 1 atom stereocenters. The van der Waals surface area contributed by atoms with E-state index in [1.54, 1.807) is 11.3 Å². The van der Waals surface area contributed by atoms with E-state index in [9.17, 15) is 4.79 Å². The quantitative estimate of drug-likeness (QED) is 0.732. The lowest BCUT2D eigenvalue weighted by molar-refractivity contribution is -0.117. The molecule has 0 saturated heterocycles. The van der Waals surface area contributed by atoms with Gasteiger partial charge in [0.15, 0.2) is 0 Å². The van der Waals surface area contributed by atoms with Crippen LogP contribution in [0.1, 0.15) is 29.1 Å². The van der Waals surface area contributed by atoms with Crippen molar-refractivity contribution in [3.63, 3.8) is 0 Å². The lowest BCUT2D eigenvalue weighted by Gasteiger charge is -2.22. The Kier molecular flexibility index (Phi) is 5.16. The zero-order valence-electron chi connectivity index (χ0n) is 15.0. The first-order chi connectivity index (χ1) is 11.9. The van der Waals surface area contributed by atoms with Crippen molar-refractivity contribution >= 4 is 33.1 Å². The van der Waals surface area contributed by atoms with Crippen LogP contribution in [0.25, 0.3) is 10.2 Å². The van der Waals surface area contributed by atoms with Crippen molar-refractivity contribution in [2.45, 2.75) is 26.8 Å². The summed E-state index contributed by atoms with van der Waals surface area (Å²) >= 11 is 1.68. The van der Waals surface area contributed by atoms with Gasteiger partial charge in [-0.25, -0.2) is 4.98 Å². The van der Waals surface area contributed by atoms with E-state index in [1.807, 2.05) is 56.1 Å². The van der Waals surface area contributed by atoms with Gasteiger partial charge in [0.1, 0.15) is 5.01 Å². The van der Waals surface area contributed by atoms with Gasteiger partial charge in [-0.1, -0.05) is 18.2 Å². The predicted octanol–water partition coefficient (Wildman–Crippen LogP) is 4.54. The van der Waals surface area contributed by atoms with Crippen molar-refractivity contribution in [2.24, 2.45) is 0 Å². The molecule has 1 N–H and O–H groups in total. The summed E-state index contributed by atoms with van der Waals surface area (Å²) in [5.41, 5.74) is 4.16. The Bertz CT molecular complexity index is 850. The maximum absolute atomic E-state index is 12.4. The number of benzene rings is 2. The van der Waals surface area contributed by atoms with Gasteiger partial charge in [-0.3, -0.25) is 9.69 Å². The van der Waals surface area contributed by atoms with Crippen LogP contribution >= 0.6 is 11.3 Å². The summed E-state index contributed by atoms with van der Waals surface area (Å²) in [7, 11) is 1.96. The molecule has 0 radical (unpaired) electrons. The topological polar surface area (TPSA) is 45.2 Å². The highest BCUT2D eigenvalue weighted by atomic mass is 32.1. The Morgan fingerprint density at radius 2 is 1.88 bits per heavy atom. The number of para-hydroxylation sites is 1. The van der Waals surface area contributed by atoms with Gasteiger partial charge in [-0.2, -0.15) is 0 Å². The number of anilines is 1. The number of carbonyl (C=O) groups excluding carboxylic acids is 1. The van der Waals surface area contributed by atoms with E-state index >= 15 is 0 Å². The first-order valence-corrected chi connectivity index (χ1v) is 9.18. The first kappa shape index (κ1) is 17.6. The van der Waals surface area contributed by atoms with Crippen LogP contribution < -0.4 is 5.32 Å². The molecule has 1 unspecified atom stereocenters. The number of fused-ring (bicyclic) bond motifs is 1. The van der Waals surface area contributed by atoms with Gasteiger partial charge >= 0.3 is 0 Å². The van der Waals surface area contributed by atoms with Crippen LogP contribution in [0.3, 0.4) is 0 Å². The Morgan fingerprint density at radius 3 is 2.56 bits per heavy atom. The number of likely N-dealkylation sites (N-methyl/N-ethyl adjacent to an activating group) is 1. The molecule has 5 heteroatoms. The third-order valence-corrected chi connectivity index (χ3v) is 5.43. The minimum Gasteiger partial charge on any atom is -0.325 e. The fraction of sp³-hybridized carbons (Fsp3) is 0.300. The molecular formula is C20H23N3OS. The van der Waals surface area contributed by atoms with Crippen molar-refractivity contribution in [3.05, 3.63) is 58.6 Å². The summed E-state index contributed by atoms with van der Waals surface area (Å²) in [6.07, 6.45) is 0. The molecule has 0 bridgehead atoms. The largest absolute Gasteiger partial charge is 0.325 e. The number of aromatic nitrogens is 1. The Balaban J connectivity index is 1.66. The van der Waals surface area contributed by atoms with Gasteiger partial charge in [0.2, 0.25) is 5.91 Å². The number of hydrogen-bond acceptors (Lipinski definition) is 4. The standard InChI is InChI=1S/C20H23N3OS/c1-13-9-14(2)11-16(10-13)21-19(24)12-23(4)15(3)20-22-17-7-5-6-8-18(17)25-20/h5-11,15H,12H2,1-4H3,(H,21,24). The minimum absolute atomic E-state index is 0.0135. The maximum atomic E-state index is 12.4. The smallest absolute Gasteiger partial charge is 0.238 e. The number of rotatable bonds is 5. The van der Waals surface area contributed by atoms with Crippen LogP contribution in [0.15, 0.2) is 42.5 Å². The molecule has 1 aromatic heterocycles. The van der Waals surface area contributed by atoms with Crippen molar-refractivity contribution < 1.29 is 4.79 Å².